The number of hydrogen-bond acceptors (Lipinski definition) is 8. The fourth-order valence-corrected chi connectivity index (χ4v) is 7.33. The van der Waals surface area contributed by atoms with E-state index in [-0.39, 0.29) is 48.0 Å². The Balaban J connectivity index is 1.26. The van der Waals surface area contributed by atoms with E-state index in [2.05, 4.69) is 5.10 Å². The molecular formula is C29H29ClF3N5O6S2. The summed E-state index contributed by atoms with van der Waals surface area (Å²) in [6.45, 7) is 4.61. The van der Waals surface area contributed by atoms with Gasteiger partial charge < -0.3 is 4.74 Å². The average Bonchev–Trinajstić information content (AvgIpc) is 3.46. The van der Waals surface area contributed by atoms with Crippen LogP contribution in [0.15, 0.2) is 47.5 Å². The van der Waals surface area contributed by atoms with Gasteiger partial charge in [-0.15, -0.1) is 0 Å². The molecule has 11 nitrogen and oxygen atoms in total. The van der Waals surface area contributed by atoms with Crippen LogP contribution in [0.3, 0.4) is 0 Å². The molecular weight excluding hydrogens is 671 g/mol. The summed E-state index contributed by atoms with van der Waals surface area (Å²) in [6, 6.07) is 8.08. The number of aromatic nitrogens is 2. The summed E-state index contributed by atoms with van der Waals surface area (Å²) in [5, 5.41) is 4.35. The number of amides is 3. The minimum Gasteiger partial charge on any atom is -0.443 e. The van der Waals surface area contributed by atoms with Gasteiger partial charge in [0.15, 0.2) is 0 Å². The van der Waals surface area contributed by atoms with E-state index in [1.807, 2.05) is 4.72 Å². The zero-order valence-electron chi connectivity index (χ0n) is 24.8. The Bertz CT molecular complexity index is 1850. The summed E-state index contributed by atoms with van der Waals surface area (Å²) < 4.78 is 75.4. The van der Waals surface area contributed by atoms with Crippen LogP contribution >= 0.6 is 23.4 Å². The zero-order valence-corrected chi connectivity index (χ0v) is 27.2. The molecule has 46 heavy (non-hydrogen) atoms. The molecule has 0 saturated carbocycles. The average molecular weight is 700 g/mol. The fraction of sp³-hybridized carbons (Fsp3) is 0.379. The van der Waals surface area contributed by atoms with E-state index >= 15 is 0 Å². The van der Waals surface area contributed by atoms with Gasteiger partial charge in [0.05, 0.1) is 28.7 Å². The number of nitrogens with zero attached hydrogens (tertiary/aromatic N) is 4. The fourth-order valence-electron chi connectivity index (χ4n) is 5.19. The van der Waals surface area contributed by atoms with Gasteiger partial charge in [-0.2, -0.15) is 31.0 Å². The van der Waals surface area contributed by atoms with Crippen LogP contribution in [0.4, 0.5) is 22.8 Å². The second kappa shape index (κ2) is 12.5. The number of carbonyl (C=O) groups is 3. The third-order valence-electron chi connectivity index (χ3n) is 7.22. The maximum atomic E-state index is 13.6. The summed E-state index contributed by atoms with van der Waals surface area (Å²) in [5.41, 5.74) is -0.587. The third kappa shape index (κ3) is 7.51. The van der Waals surface area contributed by atoms with Crippen molar-refractivity contribution in [1.82, 2.24) is 23.7 Å². The van der Waals surface area contributed by atoms with E-state index in [9.17, 15) is 36.0 Å². The maximum Gasteiger partial charge on any atom is 0.422 e. The van der Waals surface area contributed by atoms with Crippen molar-refractivity contribution in [2.24, 2.45) is 0 Å². The minimum absolute atomic E-state index is 0.00221. The monoisotopic (exact) mass is 699 g/mol. The van der Waals surface area contributed by atoms with E-state index < -0.39 is 50.8 Å². The highest BCUT2D eigenvalue weighted by atomic mass is 35.5. The van der Waals surface area contributed by atoms with Crippen LogP contribution < -0.4 is 4.72 Å². The number of benzene rings is 2. The Kier molecular flexibility index (Phi) is 9.20. The molecule has 5 rings (SSSR count). The molecule has 1 aromatic heterocycles. The Labute approximate surface area is 271 Å². The van der Waals surface area contributed by atoms with Gasteiger partial charge in [-0.1, -0.05) is 23.7 Å². The number of ether oxygens (including phenoxy) is 1. The SMILES string of the molecule is CC(C)(C)OC(=O)NS(=O)(=O)N1CCC(N2C(=O)SC(=Cc3ccc4c(cnn4Cc4ccc(Cl)cc4C(F)(F)F)c3)C2=O)CC1. The van der Waals surface area contributed by atoms with Crippen LogP contribution in [0.1, 0.15) is 50.3 Å². The second-order valence-corrected chi connectivity index (χ2v) is 14.8. The van der Waals surface area contributed by atoms with Crippen LogP contribution in [-0.4, -0.2) is 69.4 Å². The molecule has 0 unspecified atom stereocenters. The lowest BCUT2D eigenvalue weighted by Crippen LogP contribution is -2.52. The molecule has 0 aliphatic carbocycles. The third-order valence-corrected chi connectivity index (χ3v) is 9.81. The van der Waals surface area contributed by atoms with Crippen LogP contribution in [0.5, 0.6) is 0 Å². The summed E-state index contributed by atoms with van der Waals surface area (Å²) in [5.74, 6) is -0.513. The van der Waals surface area contributed by atoms with Crippen molar-refractivity contribution in [1.29, 1.82) is 0 Å². The van der Waals surface area contributed by atoms with Gasteiger partial charge in [0.1, 0.15) is 5.60 Å². The molecule has 17 heteroatoms. The molecule has 3 heterocycles. The van der Waals surface area contributed by atoms with Crippen molar-refractivity contribution in [3.63, 3.8) is 0 Å². The van der Waals surface area contributed by atoms with Crippen LogP contribution in [0.25, 0.3) is 17.0 Å². The van der Waals surface area contributed by atoms with Crippen molar-refractivity contribution in [3.05, 3.63) is 69.2 Å². The molecule has 246 valence electrons. The van der Waals surface area contributed by atoms with Crippen molar-refractivity contribution in [2.45, 2.75) is 58.0 Å². The normalized spacial score (nSPS) is 18.2. The number of piperidine rings is 1. The number of thioether (sulfide) groups is 1. The van der Waals surface area contributed by atoms with E-state index in [1.54, 1.807) is 45.0 Å². The molecule has 2 aliphatic rings. The molecule has 0 spiro atoms. The quantitative estimate of drug-likeness (QED) is 0.309. The number of fused-ring (bicyclic) bond motifs is 1. The first kappa shape index (κ1) is 33.8. The van der Waals surface area contributed by atoms with Crippen molar-refractivity contribution >= 4 is 67.8 Å². The minimum atomic E-state index is -4.59. The highest BCUT2D eigenvalue weighted by Gasteiger charge is 2.42. The zero-order chi connectivity index (χ0) is 33.6. The second-order valence-electron chi connectivity index (χ2n) is 11.7. The molecule has 2 aromatic carbocycles. The smallest absolute Gasteiger partial charge is 0.422 e. The molecule has 2 aliphatic heterocycles. The number of imide groups is 1. The van der Waals surface area contributed by atoms with Gasteiger partial charge in [-0.05, 0) is 86.8 Å². The first-order valence-electron chi connectivity index (χ1n) is 14.0. The summed E-state index contributed by atoms with van der Waals surface area (Å²) in [6.07, 6.45) is -2.29. The highest BCUT2D eigenvalue weighted by Crippen LogP contribution is 2.37. The van der Waals surface area contributed by atoms with Gasteiger partial charge in [0.2, 0.25) is 0 Å². The van der Waals surface area contributed by atoms with E-state index in [0.29, 0.717) is 16.5 Å². The molecule has 0 bridgehead atoms. The van der Waals surface area contributed by atoms with Gasteiger partial charge >= 0.3 is 22.5 Å². The van der Waals surface area contributed by atoms with Crippen LogP contribution in [0, 0.1) is 0 Å². The maximum absolute atomic E-state index is 13.6. The summed E-state index contributed by atoms with van der Waals surface area (Å²) in [7, 11) is -4.18. The van der Waals surface area contributed by atoms with E-state index in [4.69, 9.17) is 16.3 Å². The molecule has 0 atom stereocenters. The number of rotatable bonds is 6. The number of alkyl halides is 3. The molecule has 3 aromatic rings. The predicted octanol–water partition coefficient (Wildman–Crippen LogP) is 6.03. The lowest BCUT2D eigenvalue weighted by atomic mass is 10.1. The number of hydrogen-bond donors (Lipinski definition) is 1. The topological polar surface area (TPSA) is 131 Å². The van der Waals surface area contributed by atoms with Crippen molar-refractivity contribution in [3.8, 4) is 0 Å². The summed E-state index contributed by atoms with van der Waals surface area (Å²) >= 11 is 6.56. The number of halogens is 4. The van der Waals surface area contributed by atoms with Gasteiger partial charge in [0.25, 0.3) is 11.1 Å². The lowest BCUT2D eigenvalue weighted by molar-refractivity contribution is -0.138. The van der Waals surface area contributed by atoms with Crippen molar-refractivity contribution in [2.75, 3.05) is 13.1 Å². The van der Waals surface area contributed by atoms with Gasteiger partial charge in [0, 0.05) is 29.5 Å². The molecule has 2 saturated heterocycles. The van der Waals surface area contributed by atoms with Gasteiger partial charge in [-0.25, -0.2) is 9.52 Å². The largest absolute Gasteiger partial charge is 0.443 e. The Hall–Kier alpha value is -3.60. The predicted molar refractivity (Wildman–Crippen MR) is 166 cm³/mol. The van der Waals surface area contributed by atoms with E-state index in [0.717, 1.165) is 27.0 Å². The number of nitrogens with one attached hydrogen (secondary N) is 1. The summed E-state index contributed by atoms with van der Waals surface area (Å²) in [4.78, 5) is 39.4. The van der Waals surface area contributed by atoms with Crippen LogP contribution in [-0.2, 0) is 32.5 Å². The molecule has 3 amide bonds. The molecule has 2 fully saturated rings. The first-order chi connectivity index (χ1) is 21.4. The lowest BCUT2D eigenvalue weighted by Gasteiger charge is -2.34. The Morgan fingerprint density at radius 3 is 2.48 bits per heavy atom. The Morgan fingerprint density at radius 2 is 1.83 bits per heavy atom. The number of carbonyl (C=O) groups excluding carboxylic acids is 3. The van der Waals surface area contributed by atoms with E-state index in [1.165, 1.54) is 23.0 Å². The standard InChI is InChI=1S/C29H29ClF3N5O6S2/c1-28(2,3)44-26(40)35-46(42,43)36-10-8-21(9-11-36)38-25(39)24(45-27(38)41)13-17-4-7-23-19(12-17)15-34-37(23)16-18-5-6-20(30)14-22(18)29(31,32)33/h4-7,12-15,21H,8-11,16H2,1-3H3,(H,35,40). The van der Waals surface area contributed by atoms with Crippen molar-refractivity contribution < 1.29 is 40.7 Å². The first-order valence-corrected chi connectivity index (χ1v) is 16.6. The van der Waals surface area contributed by atoms with Gasteiger partial charge in [-0.3, -0.25) is 19.2 Å². The molecule has 0 radical (unpaired) electrons. The van der Waals surface area contributed by atoms with Crippen LogP contribution in [0.2, 0.25) is 5.02 Å². The molecule has 1 N–H and O–H groups in total. The Morgan fingerprint density at radius 1 is 1.13 bits per heavy atom. The highest BCUT2D eigenvalue weighted by molar-refractivity contribution is 8.18.